The lowest BCUT2D eigenvalue weighted by atomic mass is 10.2. The smallest absolute Gasteiger partial charge is 0.258 e. The molecule has 3 aromatic carbocycles. The molecule has 0 bridgehead atoms. The van der Waals surface area contributed by atoms with E-state index in [1.807, 2.05) is 18.2 Å². The highest BCUT2D eigenvalue weighted by Gasteiger charge is 2.11. The summed E-state index contributed by atoms with van der Waals surface area (Å²) in [5, 5.41) is 9.64. The normalized spacial score (nSPS) is 10.1. The predicted octanol–water partition coefficient (Wildman–Crippen LogP) is 5.54. The molecule has 7 heteroatoms. The van der Waals surface area contributed by atoms with Crippen molar-refractivity contribution in [3.05, 3.63) is 89.2 Å². The van der Waals surface area contributed by atoms with Crippen LogP contribution >= 0.6 is 23.8 Å². The maximum atomic E-state index is 13.7. The lowest BCUT2D eigenvalue weighted by Gasteiger charge is -2.12. The third-order valence-corrected chi connectivity index (χ3v) is 4.17. The number of carbonyl (C=O) groups excluding carboxylic acids is 1. The number of halogens is 2. The van der Waals surface area contributed by atoms with E-state index in [2.05, 4.69) is 16.0 Å². The Hall–Kier alpha value is -2.96. The zero-order valence-electron chi connectivity index (χ0n) is 14.0. The number of carbonyl (C=O) groups is 1. The molecule has 4 nitrogen and oxygen atoms in total. The third-order valence-electron chi connectivity index (χ3n) is 3.64. The predicted molar refractivity (Wildman–Crippen MR) is 112 cm³/mol. The van der Waals surface area contributed by atoms with Crippen molar-refractivity contribution >= 4 is 51.9 Å². The number of anilines is 3. The molecule has 1 amide bonds. The van der Waals surface area contributed by atoms with E-state index in [0.29, 0.717) is 21.5 Å². The number of hydrogen-bond donors (Lipinski definition) is 3. The van der Waals surface area contributed by atoms with Gasteiger partial charge in [-0.15, -0.1) is 0 Å². The Labute approximate surface area is 166 Å². The van der Waals surface area contributed by atoms with Gasteiger partial charge in [-0.3, -0.25) is 4.79 Å². The summed E-state index contributed by atoms with van der Waals surface area (Å²) in [7, 11) is 0. The molecule has 3 rings (SSSR count). The summed E-state index contributed by atoms with van der Waals surface area (Å²) in [5.74, 6) is -1.08. The maximum Gasteiger partial charge on any atom is 0.258 e. The van der Waals surface area contributed by atoms with Gasteiger partial charge in [0.25, 0.3) is 5.91 Å². The molecule has 3 aromatic rings. The first-order valence-electron chi connectivity index (χ1n) is 8.01. The van der Waals surface area contributed by atoms with Crippen LogP contribution in [0.4, 0.5) is 21.5 Å². The molecular weight excluding hydrogens is 385 g/mol. The number of amides is 1. The van der Waals surface area contributed by atoms with Gasteiger partial charge < -0.3 is 16.0 Å². The number of para-hydroxylation sites is 1. The van der Waals surface area contributed by atoms with Gasteiger partial charge in [0.2, 0.25) is 0 Å². The number of nitrogens with one attached hydrogen (secondary N) is 3. The number of benzene rings is 3. The van der Waals surface area contributed by atoms with Crippen molar-refractivity contribution in [2.75, 3.05) is 16.0 Å². The first-order chi connectivity index (χ1) is 13.0. The SMILES string of the molecule is O=C(Nc1ccc(NC(=S)Nc2ccccc2Cl)cc1)c1ccccc1F. The Kier molecular flexibility index (Phi) is 6.01. The van der Waals surface area contributed by atoms with Gasteiger partial charge in [-0.25, -0.2) is 4.39 Å². The van der Waals surface area contributed by atoms with Crippen molar-refractivity contribution in [2.24, 2.45) is 0 Å². The first-order valence-corrected chi connectivity index (χ1v) is 8.80. The van der Waals surface area contributed by atoms with Crippen molar-refractivity contribution < 1.29 is 9.18 Å². The van der Waals surface area contributed by atoms with Crippen LogP contribution in [0.5, 0.6) is 0 Å². The third kappa shape index (κ3) is 5.03. The summed E-state index contributed by atoms with van der Waals surface area (Å²) in [4.78, 5) is 12.1. The molecule has 0 aliphatic rings. The zero-order chi connectivity index (χ0) is 19.2. The van der Waals surface area contributed by atoms with Crippen LogP contribution in [0.2, 0.25) is 5.02 Å². The molecule has 136 valence electrons. The van der Waals surface area contributed by atoms with E-state index in [1.165, 1.54) is 18.2 Å². The lowest BCUT2D eigenvalue weighted by Crippen LogP contribution is -2.19. The molecule has 0 spiro atoms. The van der Waals surface area contributed by atoms with Crippen molar-refractivity contribution in [1.29, 1.82) is 0 Å². The molecule has 0 fully saturated rings. The number of thiocarbonyl (C=S) groups is 1. The molecule has 0 aliphatic heterocycles. The highest BCUT2D eigenvalue weighted by atomic mass is 35.5. The van der Waals surface area contributed by atoms with Gasteiger partial charge in [0.1, 0.15) is 5.82 Å². The minimum Gasteiger partial charge on any atom is -0.332 e. The largest absolute Gasteiger partial charge is 0.332 e. The van der Waals surface area contributed by atoms with E-state index >= 15 is 0 Å². The quantitative estimate of drug-likeness (QED) is 0.504. The fourth-order valence-electron chi connectivity index (χ4n) is 2.33. The van der Waals surface area contributed by atoms with Gasteiger partial charge >= 0.3 is 0 Å². The molecule has 27 heavy (non-hydrogen) atoms. The fourth-order valence-corrected chi connectivity index (χ4v) is 2.74. The Balaban J connectivity index is 1.60. The van der Waals surface area contributed by atoms with Crippen LogP contribution in [0.15, 0.2) is 72.8 Å². The van der Waals surface area contributed by atoms with Gasteiger partial charge in [-0.2, -0.15) is 0 Å². The molecule has 0 heterocycles. The van der Waals surface area contributed by atoms with Crippen LogP contribution in [0.25, 0.3) is 0 Å². The summed E-state index contributed by atoms with van der Waals surface area (Å²) >= 11 is 11.4. The Morgan fingerprint density at radius 2 is 1.41 bits per heavy atom. The Morgan fingerprint density at radius 3 is 2.07 bits per heavy atom. The zero-order valence-corrected chi connectivity index (χ0v) is 15.6. The van der Waals surface area contributed by atoms with E-state index in [1.54, 1.807) is 36.4 Å². The first kappa shape index (κ1) is 18.8. The molecule has 0 atom stereocenters. The molecule has 0 aliphatic carbocycles. The second-order valence-corrected chi connectivity index (χ2v) is 6.39. The topological polar surface area (TPSA) is 53.2 Å². The van der Waals surface area contributed by atoms with Gasteiger partial charge in [-0.05, 0) is 60.7 Å². The van der Waals surface area contributed by atoms with Crippen LogP contribution in [0.3, 0.4) is 0 Å². The molecule has 0 saturated heterocycles. The van der Waals surface area contributed by atoms with Crippen LogP contribution in [0, 0.1) is 5.82 Å². The van der Waals surface area contributed by atoms with Crippen LogP contribution in [-0.2, 0) is 0 Å². The van der Waals surface area contributed by atoms with E-state index < -0.39 is 11.7 Å². The van der Waals surface area contributed by atoms with E-state index in [0.717, 1.165) is 5.69 Å². The maximum absolute atomic E-state index is 13.7. The van der Waals surface area contributed by atoms with Crippen molar-refractivity contribution in [3.63, 3.8) is 0 Å². The minimum atomic E-state index is -0.565. The monoisotopic (exact) mass is 399 g/mol. The van der Waals surface area contributed by atoms with Gasteiger partial charge in [-0.1, -0.05) is 35.9 Å². The summed E-state index contributed by atoms with van der Waals surface area (Å²) < 4.78 is 13.7. The summed E-state index contributed by atoms with van der Waals surface area (Å²) in [6, 6.07) is 20.0. The Bertz CT molecular complexity index is 979. The van der Waals surface area contributed by atoms with Crippen molar-refractivity contribution in [3.8, 4) is 0 Å². The second kappa shape index (κ2) is 8.62. The lowest BCUT2D eigenvalue weighted by molar-refractivity contribution is 0.102. The fraction of sp³-hybridized carbons (Fsp3) is 0. The standard InChI is InChI=1S/C20H15ClFN3OS/c21-16-6-2-4-8-18(16)25-20(27)24-14-11-9-13(10-12-14)23-19(26)15-5-1-3-7-17(15)22/h1-12H,(H,23,26)(H2,24,25,27). The van der Waals surface area contributed by atoms with Crippen molar-refractivity contribution in [1.82, 2.24) is 0 Å². The minimum absolute atomic E-state index is 0.00943. The van der Waals surface area contributed by atoms with Crippen LogP contribution in [0.1, 0.15) is 10.4 Å². The van der Waals surface area contributed by atoms with Crippen LogP contribution in [-0.4, -0.2) is 11.0 Å². The molecule has 3 N–H and O–H groups in total. The van der Waals surface area contributed by atoms with E-state index in [9.17, 15) is 9.18 Å². The number of rotatable bonds is 4. The molecular formula is C20H15ClFN3OS. The average Bonchev–Trinajstić information content (AvgIpc) is 2.65. The van der Waals surface area contributed by atoms with Crippen LogP contribution < -0.4 is 16.0 Å². The molecule has 0 radical (unpaired) electrons. The summed E-state index contributed by atoms with van der Waals surface area (Å²) in [6.45, 7) is 0. The van der Waals surface area contributed by atoms with Crippen molar-refractivity contribution in [2.45, 2.75) is 0 Å². The van der Waals surface area contributed by atoms with E-state index in [-0.39, 0.29) is 5.56 Å². The average molecular weight is 400 g/mol. The molecule has 0 unspecified atom stereocenters. The highest BCUT2D eigenvalue weighted by Crippen LogP contribution is 2.21. The second-order valence-electron chi connectivity index (χ2n) is 5.57. The Morgan fingerprint density at radius 1 is 0.815 bits per heavy atom. The summed E-state index contributed by atoms with van der Waals surface area (Å²) in [6.07, 6.45) is 0. The molecule has 0 aromatic heterocycles. The highest BCUT2D eigenvalue weighted by molar-refractivity contribution is 7.80. The van der Waals surface area contributed by atoms with Gasteiger partial charge in [0, 0.05) is 11.4 Å². The molecule has 0 saturated carbocycles. The van der Waals surface area contributed by atoms with Gasteiger partial charge in [0.15, 0.2) is 5.11 Å². The van der Waals surface area contributed by atoms with Gasteiger partial charge in [0.05, 0.1) is 16.3 Å². The number of hydrogen-bond acceptors (Lipinski definition) is 2. The van der Waals surface area contributed by atoms with E-state index in [4.69, 9.17) is 23.8 Å². The summed E-state index contributed by atoms with van der Waals surface area (Å²) in [5.41, 5.74) is 1.96.